The lowest BCUT2D eigenvalue weighted by Gasteiger charge is -2.13. The molecule has 33 heavy (non-hydrogen) atoms. The quantitative estimate of drug-likeness (QED) is 0.437. The average Bonchev–Trinajstić information content (AvgIpc) is 3.53. The minimum Gasteiger partial charge on any atom is -0.350 e. The zero-order valence-corrected chi connectivity index (χ0v) is 17.9. The summed E-state index contributed by atoms with van der Waals surface area (Å²) >= 11 is 0. The van der Waals surface area contributed by atoms with E-state index in [0.717, 1.165) is 30.3 Å². The van der Waals surface area contributed by atoms with Gasteiger partial charge in [-0.1, -0.05) is 0 Å². The Labute approximate surface area is 187 Å². The van der Waals surface area contributed by atoms with Crippen molar-refractivity contribution in [2.45, 2.75) is 31.3 Å². The lowest BCUT2D eigenvalue weighted by molar-refractivity contribution is 0.525. The molecular formula is C24H22F2N6O. The van der Waals surface area contributed by atoms with Gasteiger partial charge in [-0.25, -0.2) is 23.2 Å². The van der Waals surface area contributed by atoms with Crippen LogP contribution >= 0.6 is 0 Å². The molecule has 0 radical (unpaired) electrons. The van der Waals surface area contributed by atoms with Crippen LogP contribution in [0.4, 0.5) is 8.78 Å². The van der Waals surface area contributed by atoms with Crippen LogP contribution in [-0.4, -0.2) is 29.9 Å². The molecule has 5 aromatic rings. The van der Waals surface area contributed by atoms with Crippen molar-refractivity contribution in [1.82, 2.24) is 23.9 Å². The molecule has 0 spiro atoms. The van der Waals surface area contributed by atoms with Gasteiger partial charge in [-0.2, -0.15) is 5.10 Å². The molecule has 2 aromatic carbocycles. The molecule has 3 N–H and O–H groups in total. The van der Waals surface area contributed by atoms with Crippen molar-refractivity contribution >= 4 is 21.8 Å². The molecule has 6 rings (SSSR count). The van der Waals surface area contributed by atoms with Crippen molar-refractivity contribution in [3.8, 4) is 17.1 Å². The third-order valence-corrected chi connectivity index (χ3v) is 6.72. The van der Waals surface area contributed by atoms with Gasteiger partial charge in [0.15, 0.2) is 5.82 Å². The molecule has 0 amide bonds. The highest BCUT2D eigenvalue weighted by Gasteiger charge is 2.27. The lowest BCUT2D eigenvalue weighted by Crippen LogP contribution is -2.16. The maximum Gasteiger partial charge on any atom is 0.348 e. The van der Waals surface area contributed by atoms with Crippen LogP contribution in [0.3, 0.4) is 0 Å². The van der Waals surface area contributed by atoms with Gasteiger partial charge in [-0.05, 0) is 55.7 Å². The molecule has 3 heterocycles. The van der Waals surface area contributed by atoms with Gasteiger partial charge in [-0.15, -0.1) is 0 Å². The van der Waals surface area contributed by atoms with Crippen molar-refractivity contribution in [3.05, 3.63) is 70.9 Å². The van der Waals surface area contributed by atoms with E-state index in [1.807, 2.05) is 24.0 Å². The molecule has 0 bridgehead atoms. The molecular weight excluding hydrogens is 426 g/mol. The largest absolute Gasteiger partial charge is 0.350 e. The molecule has 0 aliphatic heterocycles. The van der Waals surface area contributed by atoms with Gasteiger partial charge in [0, 0.05) is 53.4 Å². The second kappa shape index (κ2) is 7.14. The SMILES string of the molecule is Cn1cc(-c2n[nH]c(=O)n2-c2cn([C@H]3CC[C@@H](N)C3)c3ccc(F)cc23)c2cc(F)ccc21. The molecule has 1 aliphatic carbocycles. The van der Waals surface area contributed by atoms with Gasteiger partial charge >= 0.3 is 5.69 Å². The Kier molecular flexibility index (Phi) is 4.31. The normalized spacial score (nSPS) is 18.7. The zero-order chi connectivity index (χ0) is 22.9. The molecule has 1 fully saturated rings. The number of nitrogens with two attached hydrogens (primary N) is 1. The van der Waals surface area contributed by atoms with Gasteiger partial charge in [0.05, 0.1) is 11.2 Å². The molecule has 1 aliphatic rings. The highest BCUT2D eigenvalue weighted by Crippen LogP contribution is 2.37. The summed E-state index contributed by atoms with van der Waals surface area (Å²) in [5, 5.41) is 8.03. The third kappa shape index (κ3) is 3.03. The van der Waals surface area contributed by atoms with E-state index in [1.165, 1.54) is 28.8 Å². The van der Waals surface area contributed by atoms with Crippen LogP contribution in [0.5, 0.6) is 0 Å². The van der Waals surface area contributed by atoms with E-state index in [4.69, 9.17) is 5.73 Å². The number of fused-ring (bicyclic) bond motifs is 2. The van der Waals surface area contributed by atoms with E-state index < -0.39 is 11.5 Å². The summed E-state index contributed by atoms with van der Waals surface area (Å²) in [5.41, 5.74) is 8.45. The summed E-state index contributed by atoms with van der Waals surface area (Å²) in [6.07, 6.45) is 6.33. The fraction of sp³-hybridized carbons (Fsp3) is 0.250. The van der Waals surface area contributed by atoms with Crippen molar-refractivity contribution in [3.63, 3.8) is 0 Å². The zero-order valence-electron chi connectivity index (χ0n) is 17.9. The van der Waals surface area contributed by atoms with Crippen LogP contribution in [0.2, 0.25) is 0 Å². The standard InChI is InChI=1S/C24H22F2N6O/c1-30-11-19(17-8-13(25)2-6-20(17)30)23-28-29-24(33)32(23)22-12-31(16-5-4-15(27)10-16)21-7-3-14(26)9-18(21)22/h2-3,6-9,11-12,15-16H,4-5,10,27H2,1H3,(H,29,33)/t15-,16+/m1/s1. The van der Waals surface area contributed by atoms with Crippen molar-refractivity contribution < 1.29 is 8.78 Å². The second-order valence-corrected chi connectivity index (χ2v) is 8.81. The minimum atomic E-state index is -0.454. The Hall–Kier alpha value is -3.72. The number of hydrogen-bond donors (Lipinski definition) is 2. The molecule has 0 saturated heterocycles. The molecule has 2 atom stereocenters. The Morgan fingerprint density at radius 1 is 1.03 bits per heavy atom. The summed E-state index contributed by atoms with van der Waals surface area (Å²) in [7, 11) is 1.85. The number of aromatic amines is 1. The summed E-state index contributed by atoms with van der Waals surface area (Å²) in [6, 6.07) is 9.38. The van der Waals surface area contributed by atoms with Gasteiger partial charge in [-0.3, -0.25) is 0 Å². The smallest absolute Gasteiger partial charge is 0.348 e. The van der Waals surface area contributed by atoms with E-state index in [9.17, 15) is 13.6 Å². The van der Waals surface area contributed by atoms with Crippen LogP contribution in [0, 0.1) is 11.6 Å². The predicted molar refractivity (Wildman–Crippen MR) is 122 cm³/mol. The van der Waals surface area contributed by atoms with Crippen LogP contribution < -0.4 is 11.4 Å². The van der Waals surface area contributed by atoms with Crippen LogP contribution in [0.1, 0.15) is 25.3 Å². The number of rotatable bonds is 3. The molecule has 0 unspecified atom stereocenters. The fourth-order valence-corrected chi connectivity index (χ4v) is 5.18. The Morgan fingerprint density at radius 3 is 2.48 bits per heavy atom. The number of aryl methyl sites for hydroxylation is 1. The average molecular weight is 448 g/mol. The Bertz CT molecular complexity index is 1590. The van der Waals surface area contributed by atoms with Crippen LogP contribution in [0.25, 0.3) is 38.9 Å². The number of nitrogens with one attached hydrogen (secondary N) is 1. The van der Waals surface area contributed by atoms with Crippen molar-refractivity contribution in [2.24, 2.45) is 12.8 Å². The van der Waals surface area contributed by atoms with E-state index >= 15 is 0 Å². The van der Waals surface area contributed by atoms with E-state index in [0.29, 0.717) is 27.8 Å². The van der Waals surface area contributed by atoms with Gasteiger partial charge < -0.3 is 14.9 Å². The lowest BCUT2D eigenvalue weighted by atomic mass is 10.1. The first-order valence-electron chi connectivity index (χ1n) is 10.9. The number of nitrogens with zero attached hydrogens (tertiary/aromatic N) is 4. The van der Waals surface area contributed by atoms with Crippen molar-refractivity contribution in [2.75, 3.05) is 0 Å². The molecule has 7 nitrogen and oxygen atoms in total. The van der Waals surface area contributed by atoms with Crippen LogP contribution in [0.15, 0.2) is 53.6 Å². The minimum absolute atomic E-state index is 0.120. The Balaban J connectivity index is 1.62. The van der Waals surface area contributed by atoms with E-state index in [2.05, 4.69) is 14.8 Å². The highest BCUT2D eigenvalue weighted by molar-refractivity contribution is 5.96. The number of benzene rings is 2. The predicted octanol–water partition coefficient (Wildman–Crippen LogP) is 4.00. The topological polar surface area (TPSA) is 86.6 Å². The van der Waals surface area contributed by atoms with Gasteiger partial charge in [0.1, 0.15) is 11.6 Å². The number of aromatic nitrogens is 5. The van der Waals surface area contributed by atoms with Gasteiger partial charge in [0.2, 0.25) is 0 Å². The number of H-pyrrole nitrogens is 1. The number of hydrogen-bond acceptors (Lipinski definition) is 3. The monoisotopic (exact) mass is 448 g/mol. The fourth-order valence-electron chi connectivity index (χ4n) is 5.18. The third-order valence-electron chi connectivity index (χ3n) is 6.72. The van der Waals surface area contributed by atoms with Gasteiger partial charge in [0.25, 0.3) is 0 Å². The number of halogens is 2. The molecule has 1 saturated carbocycles. The van der Waals surface area contributed by atoms with Crippen LogP contribution in [-0.2, 0) is 7.05 Å². The van der Waals surface area contributed by atoms with E-state index in [-0.39, 0.29) is 17.9 Å². The first-order chi connectivity index (χ1) is 15.9. The maximum atomic E-state index is 14.3. The maximum absolute atomic E-state index is 14.3. The van der Waals surface area contributed by atoms with E-state index in [1.54, 1.807) is 12.1 Å². The summed E-state index contributed by atoms with van der Waals surface area (Å²) in [6.45, 7) is 0. The second-order valence-electron chi connectivity index (χ2n) is 8.81. The van der Waals surface area contributed by atoms with Crippen molar-refractivity contribution in [1.29, 1.82) is 0 Å². The summed E-state index contributed by atoms with van der Waals surface area (Å²) < 4.78 is 33.8. The molecule has 3 aromatic heterocycles. The molecule has 168 valence electrons. The Morgan fingerprint density at radius 2 is 1.76 bits per heavy atom. The summed E-state index contributed by atoms with van der Waals surface area (Å²) in [5.74, 6) is -0.437. The first-order valence-corrected chi connectivity index (χ1v) is 10.9. The molecule has 9 heteroatoms. The highest BCUT2D eigenvalue weighted by atomic mass is 19.1. The first kappa shape index (κ1) is 19.9. The summed E-state index contributed by atoms with van der Waals surface area (Å²) in [4.78, 5) is 13.0.